The molecule has 2 aliphatic rings. The van der Waals surface area contributed by atoms with Gasteiger partial charge in [-0.25, -0.2) is 0 Å². The Morgan fingerprint density at radius 1 is 1.38 bits per heavy atom. The maximum Gasteiger partial charge on any atom is 0.223 e. The molecule has 3 N–H and O–H groups in total. The monoisotopic (exact) mass is 224 g/mol. The van der Waals surface area contributed by atoms with Crippen molar-refractivity contribution >= 4 is 5.91 Å². The van der Waals surface area contributed by atoms with E-state index in [0.717, 1.165) is 18.8 Å². The van der Waals surface area contributed by atoms with Crippen LogP contribution in [0.25, 0.3) is 0 Å². The van der Waals surface area contributed by atoms with Crippen LogP contribution < -0.4 is 11.1 Å². The van der Waals surface area contributed by atoms with Crippen molar-refractivity contribution in [2.24, 2.45) is 23.5 Å². The highest BCUT2D eigenvalue weighted by Gasteiger charge is 2.40. The Hall–Kier alpha value is -0.570. The third-order valence-corrected chi connectivity index (χ3v) is 4.21. The van der Waals surface area contributed by atoms with Crippen molar-refractivity contribution in [2.45, 2.75) is 51.5 Å². The average molecular weight is 224 g/mol. The van der Waals surface area contributed by atoms with Crippen LogP contribution in [-0.2, 0) is 4.79 Å². The van der Waals surface area contributed by atoms with Crippen LogP contribution in [-0.4, -0.2) is 18.5 Å². The van der Waals surface area contributed by atoms with Gasteiger partial charge in [0.2, 0.25) is 5.91 Å². The van der Waals surface area contributed by atoms with E-state index in [1.165, 1.54) is 25.7 Å². The van der Waals surface area contributed by atoms with Crippen LogP contribution in [0.3, 0.4) is 0 Å². The van der Waals surface area contributed by atoms with Gasteiger partial charge in [-0.15, -0.1) is 0 Å². The van der Waals surface area contributed by atoms with Gasteiger partial charge in [0.25, 0.3) is 0 Å². The molecule has 2 aliphatic carbocycles. The average Bonchev–Trinajstić information content (AvgIpc) is 2.84. The normalized spacial score (nSPS) is 37.4. The van der Waals surface area contributed by atoms with E-state index in [0.29, 0.717) is 18.5 Å². The van der Waals surface area contributed by atoms with E-state index >= 15 is 0 Å². The van der Waals surface area contributed by atoms with Gasteiger partial charge < -0.3 is 11.1 Å². The molecule has 3 heteroatoms. The largest absolute Gasteiger partial charge is 0.353 e. The Morgan fingerprint density at radius 3 is 2.88 bits per heavy atom. The fourth-order valence-electron chi connectivity index (χ4n) is 3.07. The summed E-state index contributed by atoms with van der Waals surface area (Å²) in [5, 5.41) is 3.20. The summed E-state index contributed by atoms with van der Waals surface area (Å²) >= 11 is 0. The molecule has 0 radical (unpaired) electrons. The lowest BCUT2D eigenvalue weighted by Gasteiger charge is -2.17. The van der Waals surface area contributed by atoms with Gasteiger partial charge in [-0.05, 0) is 44.1 Å². The molecule has 4 atom stereocenters. The van der Waals surface area contributed by atoms with Gasteiger partial charge in [-0.2, -0.15) is 0 Å². The summed E-state index contributed by atoms with van der Waals surface area (Å²) in [4.78, 5) is 12.0. The van der Waals surface area contributed by atoms with Crippen LogP contribution in [0.5, 0.6) is 0 Å². The maximum absolute atomic E-state index is 12.0. The van der Waals surface area contributed by atoms with Crippen molar-refractivity contribution in [1.29, 1.82) is 0 Å². The van der Waals surface area contributed by atoms with E-state index < -0.39 is 0 Å². The van der Waals surface area contributed by atoms with E-state index in [9.17, 15) is 4.79 Å². The fourth-order valence-corrected chi connectivity index (χ4v) is 3.07. The van der Waals surface area contributed by atoms with Crippen LogP contribution in [0.1, 0.15) is 45.4 Å². The van der Waals surface area contributed by atoms with Gasteiger partial charge in [0, 0.05) is 12.0 Å². The van der Waals surface area contributed by atoms with Crippen LogP contribution in [0.4, 0.5) is 0 Å². The van der Waals surface area contributed by atoms with Crippen molar-refractivity contribution in [3.63, 3.8) is 0 Å². The molecule has 0 aromatic rings. The standard InChI is InChI=1S/C13H24N2O/c1-2-4-9-7-12(9)15-13(16)11-6-3-5-10(11)8-14/h9-12H,2-8,14H2,1H3,(H,15,16). The lowest BCUT2D eigenvalue weighted by molar-refractivity contribution is -0.126. The Morgan fingerprint density at radius 2 is 2.19 bits per heavy atom. The predicted molar refractivity (Wildman–Crippen MR) is 64.8 cm³/mol. The molecule has 2 saturated carbocycles. The maximum atomic E-state index is 12.0. The molecular weight excluding hydrogens is 200 g/mol. The Bertz CT molecular complexity index is 254. The number of nitrogens with two attached hydrogens (primary N) is 1. The zero-order valence-corrected chi connectivity index (χ0v) is 10.2. The minimum absolute atomic E-state index is 0.202. The molecular formula is C13H24N2O. The SMILES string of the molecule is CCCC1CC1NC(=O)C1CCCC1CN. The van der Waals surface area contributed by atoms with Crippen LogP contribution in [0.2, 0.25) is 0 Å². The lowest BCUT2D eigenvalue weighted by Crippen LogP contribution is -2.36. The van der Waals surface area contributed by atoms with Gasteiger partial charge in [0.15, 0.2) is 0 Å². The lowest BCUT2D eigenvalue weighted by atomic mass is 9.95. The van der Waals surface area contributed by atoms with Gasteiger partial charge in [-0.1, -0.05) is 19.8 Å². The molecule has 2 rings (SSSR count). The summed E-state index contributed by atoms with van der Waals surface area (Å²) in [7, 11) is 0. The Balaban J connectivity index is 1.76. The highest BCUT2D eigenvalue weighted by Crippen LogP contribution is 2.36. The molecule has 0 aromatic carbocycles. The third kappa shape index (κ3) is 2.57. The summed E-state index contributed by atoms with van der Waals surface area (Å²) < 4.78 is 0. The third-order valence-electron chi connectivity index (χ3n) is 4.21. The summed E-state index contributed by atoms with van der Waals surface area (Å²) in [6, 6.07) is 0.478. The molecule has 1 amide bonds. The second kappa shape index (κ2) is 5.17. The number of rotatable bonds is 5. The number of carbonyl (C=O) groups excluding carboxylic acids is 1. The van der Waals surface area contributed by atoms with Crippen molar-refractivity contribution in [2.75, 3.05) is 6.54 Å². The molecule has 0 bridgehead atoms. The summed E-state index contributed by atoms with van der Waals surface area (Å²) in [6.07, 6.45) is 7.03. The summed E-state index contributed by atoms with van der Waals surface area (Å²) in [5.41, 5.74) is 5.70. The van der Waals surface area contributed by atoms with Gasteiger partial charge in [0.05, 0.1) is 0 Å². The molecule has 0 aliphatic heterocycles. The first kappa shape index (κ1) is 11.9. The van der Waals surface area contributed by atoms with Crippen molar-refractivity contribution in [3.8, 4) is 0 Å². The zero-order chi connectivity index (χ0) is 11.5. The van der Waals surface area contributed by atoms with E-state index in [4.69, 9.17) is 5.73 Å². The summed E-state index contributed by atoms with van der Waals surface area (Å²) in [5.74, 6) is 1.67. The van der Waals surface area contributed by atoms with E-state index in [1.54, 1.807) is 0 Å². The van der Waals surface area contributed by atoms with E-state index in [-0.39, 0.29) is 11.8 Å². The van der Waals surface area contributed by atoms with Gasteiger partial charge in [0.1, 0.15) is 0 Å². The van der Waals surface area contributed by atoms with Crippen molar-refractivity contribution in [3.05, 3.63) is 0 Å². The Labute approximate surface area is 98.2 Å². The second-order valence-electron chi connectivity index (χ2n) is 5.43. The minimum Gasteiger partial charge on any atom is -0.353 e. The first-order chi connectivity index (χ1) is 7.76. The van der Waals surface area contributed by atoms with E-state index in [1.807, 2.05) is 0 Å². The van der Waals surface area contributed by atoms with Gasteiger partial charge >= 0.3 is 0 Å². The second-order valence-corrected chi connectivity index (χ2v) is 5.43. The number of carbonyl (C=O) groups is 1. The highest BCUT2D eigenvalue weighted by atomic mass is 16.2. The number of hydrogen-bond acceptors (Lipinski definition) is 2. The quantitative estimate of drug-likeness (QED) is 0.746. The first-order valence-electron chi connectivity index (χ1n) is 6.76. The topological polar surface area (TPSA) is 55.1 Å². The van der Waals surface area contributed by atoms with E-state index in [2.05, 4.69) is 12.2 Å². The number of hydrogen-bond donors (Lipinski definition) is 2. The zero-order valence-electron chi connectivity index (χ0n) is 10.2. The molecule has 3 nitrogen and oxygen atoms in total. The predicted octanol–water partition coefficient (Wildman–Crippen LogP) is 1.67. The smallest absolute Gasteiger partial charge is 0.223 e. The number of nitrogens with one attached hydrogen (secondary N) is 1. The molecule has 0 saturated heterocycles. The first-order valence-corrected chi connectivity index (χ1v) is 6.76. The fraction of sp³-hybridized carbons (Fsp3) is 0.923. The van der Waals surface area contributed by atoms with Crippen molar-refractivity contribution in [1.82, 2.24) is 5.32 Å². The van der Waals surface area contributed by atoms with Crippen LogP contribution >= 0.6 is 0 Å². The molecule has 0 spiro atoms. The Kier molecular flexibility index (Phi) is 3.85. The molecule has 92 valence electrons. The summed E-state index contributed by atoms with van der Waals surface area (Å²) in [6.45, 7) is 2.87. The van der Waals surface area contributed by atoms with Crippen molar-refractivity contribution < 1.29 is 4.79 Å². The van der Waals surface area contributed by atoms with Gasteiger partial charge in [-0.3, -0.25) is 4.79 Å². The molecule has 2 fully saturated rings. The molecule has 16 heavy (non-hydrogen) atoms. The molecule has 0 heterocycles. The highest BCUT2D eigenvalue weighted by molar-refractivity contribution is 5.80. The number of amides is 1. The van der Waals surface area contributed by atoms with Crippen LogP contribution in [0, 0.1) is 17.8 Å². The molecule has 0 aromatic heterocycles. The molecule has 4 unspecified atom stereocenters. The van der Waals surface area contributed by atoms with Crippen LogP contribution in [0.15, 0.2) is 0 Å². The minimum atomic E-state index is 0.202.